The molecule has 1 aromatic rings. The van der Waals surface area contributed by atoms with Gasteiger partial charge in [-0.15, -0.1) is 0 Å². The summed E-state index contributed by atoms with van der Waals surface area (Å²) in [5.74, 6) is 0.372. The highest BCUT2D eigenvalue weighted by atomic mass is 28.4. The summed E-state index contributed by atoms with van der Waals surface area (Å²) in [5, 5.41) is 11.7. The van der Waals surface area contributed by atoms with Crippen molar-refractivity contribution in [3.8, 4) is 11.5 Å². The van der Waals surface area contributed by atoms with Crippen LogP contribution in [0, 0.1) is 0 Å². The Kier molecular flexibility index (Phi) is 11.0. The van der Waals surface area contributed by atoms with E-state index in [-0.39, 0.29) is 11.5 Å². The minimum absolute atomic E-state index is 0.131. The van der Waals surface area contributed by atoms with Crippen LogP contribution in [0.3, 0.4) is 0 Å². The van der Waals surface area contributed by atoms with Gasteiger partial charge in [0.25, 0.3) is 0 Å². The first-order valence-corrected chi connectivity index (χ1v) is 12.4. The fourth-order valence-corrected chi connectivity index (χ4v) is 5.76. The van der Waals surface area contributed by atoms with Crippen LogP contribution in [-0.4, -0.2) is 52.5 Å². The maximum atomic E-state index is 12.4. The molecule has 0 aromatic heterocycles. The van der Waals surface area contributed by atoms with E-state index in [2.05, 4.69) is 5.32 Å². The molecule has 0 spiro atoms. The van der Waals surface area contributed by atoms with E-state index in [1.165, 1.54) is 6.07 Å². The molecule has 0 aliphatic rings. The smallest absolute Gasteiger partial charge is 0.449 e. The van der Waals surface area contributed by atoms with Gasteiger partial charge in [-0.1, -0.05) is 26.8 Å². The monoisotopic (exact) mass is 457 g/mol. The number of ether oxygens (including phenoxy) is 2. The fraction of sp³-hybridized carbons (Fsp3) is 0.619. The summed E-state index contributed by atoms with van der Waals surface area (Å²) in [7, 11) is -2.76. The van der Waals surface area contributed by atoms with Crippen LogP contribution in [0.5, 0.6) is 11.5 Å². The number of rotatable bonds is 12. The van der Waals surface area contributed by atoms with Crippen molar-refractivity contribution in [2.45, 2.75) is 59.4 Å². The molecule has 0 aliphatic heterocycles. The molecule has 2 N–H and O–H groups in total. The van der Waals surface area contributed by atoms with Crippen LogP contribution >= 0.6 is 0 Å². The minimum Gasteiger partial charge on any atom is -0.449 e. The van der Waals surface area contributed by atoms with Gasteiger partial charge in [0.05, 0.1) is 0 Å². The van der Waals surface area contributed by atoms with Gasteiger partial charge in [0, 0.05) is 38.0 Å². The number of hydrogen-bond acceptors (Lipinski definition) is 7. The zero-order valence-corrected chi connectivity index (χ0v) is 20.3. The minimum atomic E-state index is -2.76. The SMILES string of the molecule is CCO[Si](CCCNC(=O)Oc1cccc(OC(=O)O)c1C(C)(C)C)(OCC)OCC. The molecule has 1 aromatic carbocycles. The van der Waals surface area contributed by atoms with E-state index in [9.17, 15) is 9.59 Å². The number of carbonyl (C=O) groups excluding carboxylic acids is 1. The molecule has 0 saturated carbocycles. The Morgan fingerprint density at radius 2 is 1.48 bits per heavy atom. The van der Waals surface area contributed by atoms with Crippen molar-refractivity contribution in [2.75, 3.05) is 26.4 Å². The number of nitrogens with one attached hydrogen (secondary N) is 1. The third-order valence-corrected chi connectivity index (χ3v) is 7.31. The lowest BCUT2D eigenvalue weighted by Gasteiger charge is -2.28. The lowest BCUT2D eigenvalue weighted by Crippen LogP contribution is -2.46. The molecule has 0 bridgehead atoms. The van der Waals surface area contributed by atoms with E-state index >= 15 is 0 Å². The van der Waals surface area contributed by atoms with Crippen molar-refractivity contribution >= 4 is 21.1 Å². The summed E-state index contributed by atoms with van der Waals surface area (Å²) in [6.45, 7) is 13.1. The Morgan fingerprint density at radius 3 is 1.94 bits per heavy atom. The molecule has 176 valence electrons. The topological polar surface area (TPSA) is 113 Å². The Bertz CT molecular complexity index is 703. The Morgan fingerprint density at radius 1 is 0.968 bits per heavy atom. The normalized spacial score (nSPS) is 11.8. The predicted octanol–water partition coefficient (Wildman–Crippen LogP) is 4.57. The molecular formula is C21H35NO8Si. The summed E-state index contributed by atoms with van der Waals surface area (Å²) in [4.78, 5) is 23.4. The standard InChI is InChI=1S/C21H35NO8Si/c1-7-26-31(27-8-2,28-9-3)15-11-14-22-19(23)29-16-12-10-13-17(30-20(24)25)18(16)21(4,5)6/h10,12-13H,7-9,11,14-15H2,1-6H3,(H,22,23)(H,24,25). The van der Waals surface area contributed by atoms with Crippen LogP contribution in [0.15, 0.2) is 18.2 Å². The quantitative estimate of drug-likeness (QED) is 0.203. The second-order valence-electron chi connectivity index (χ2n) is 7.65. The molecule has 1 rings (SSSR count). The third-order valence-electron chi connectivity index (χ3n) is 4.16. The number of benzene rings is 1. The second kappa shape index (κ2) is 12.6. The Hall–Kier alpha value is -2.14. The van der Waals surface area contributed by atoms with E-state index in [1.807, 2.05) is 41.5 Å². The number of carboxylic acid groups (broad SMARTS) is 1. The number of carbonyl (C=O) groups is 2. The van der Waals surface area contributed by atoms with Crippen LogP contribution in [0.2, 0.25) is 6.04 Å². The van der Waals surface area contributed by atoms with Gasteiger partial charge < -0.3 is 33.2 Å². The van der Waals surface area contributed by atoms with Crippen LogP contribution in [-0.2, 0) is 18.7 Å². The summed E-state index contributed by atoms with van der Waals surface area (Å²) in [6, 6.07) is 5.27. The van der Waals surface area contributed by atoms with Crippen LogP contribution in [0.25, 0.3) is 0 Å². The van der Waals surface area contributed by atoms with E-state index in [4.69, 9.17) is 27.9 Å². The van der Waals surface area contributed by atoms with Gasteiger partial charge in [0.1, 0.15) is 11.5 Å². The molecule has 31 heavy (non-hydrogen) atoms. The first kappa shape index (κ1) is 26.9. The van der Waals surface area contributed by atoms with Gasteiger partial charge in [0.15, 0.2) is 0 Å². The fourth-order valence-electron chi connectivity index (χ4n) is 3.15. The predicted molar refractivity (Wildman–Crippen MR) is 118 cm³/mol. The van der Waals surface area contributed by atoms with Crippen molar-refractivity contribution in [1.29, 1.82) is 0 Å². The van der Waals surface area contributed by atoms with Gasteiger partial charge in [-0.3, -0.25) is 0 Å². The van der Waals surface area contributed by atoms with Crippen molar-refractivity contribution in [3.63, 3.8) is 0 Å². The highest BCUT2D eigenvalue weighted by Gasteiger charge is 2.39. The lowest BCUT2D eigenvalue weighted by molar-refractivity contribution is 0.0707. The molecule has 0 unspecified atom stereocenters. The molecule has 0 radical (unpaired) electrons. The average Bonchev–Trinajstić information content (AvgIpc) is 2.64. The van der Waals surface area contributed by atoms with Crippen molar-refractivity contribution in [1.82, 2.24) is 5.32 Å². The molecule has 0 saturated heterocycles. The molecule has 9 nitrogen and oxygen atoms in total. The van der Waals surface area contributed by atoms with Gasteiger partial charge in [0.2, 0.25) is 0 Å². The summed E-state index contributed by atoms with van der Waals surface area (Å²) < 4.78 is 27.7. The van der Waals surface area contributed by atoms with Crippen LogP contribution in [0.4, 0.5) is 9.59 Å². The summed E-state index contributed by atoms with van der Waals surface area (Å²) >= 11 is 0. The molecule has 0 fully saturated rings. The number of hydrogen-bond donors (Lipinski definition) is 2. The largest absolute Gasteiger partial charge is 0.511 e. The van der Waals surface area contributed by atoms with Crippen molar-refractivity contribution < 1.29 is 37.4 Å². The molecule has 10 heteroatoms. The lowest BCUT2D eigenvalue weighted by atomic mass is 9.85. The van der Waals surface area contributed by atoms with E-state index < -0.39 is 26.5 Å². The van der Waals surface area contributed by atoms with Crippen LogP contribution in [0.1, 0.15) is 53.5 Å². The van der Waals surface area contributed by atoms with E-state index in [1.54, 1.807) is 12.1 Å². The van der Waals surface area contributed by atoms with Gasteiger partial charge >= 0.3 is 21.1 Å². The highest BCUT2D eigenvalue weighted by Crippen LogP contribution is 2.39. The summed E-state index contributed by atoms with van der Waals surface area (Å²) in [6.07, 6.45) is -1.48. The van der Waals surface area contributed by atoms with Gasteiger partial charge in [-0.2, -0.15) is 0 Å². The first-order valence-electron chi connectivity index (χ1n) is 10.5. The first-order chi connectivity index (χ1) is 14.6. The van der Waals surface area contributed by atoms with Crippen molar-refractivity contribution in [3.05, 3.63) is 23.8 Å². The Labute approximate surface area is 185 Å². The molecule has 0 heterocycles. The maximum absolute atomic E-state index is 12.4. The zero-order valence-electron chi connectivity index (χ0n) is 19.3. The third kappa shape index (κ3) is 8.86. The maximum Gasteiger partial charge on any atom is 0.511 e. The van der Waals surface area contributed by atoms with Gasteiger partial charge in [-0.25, -0.2) is 9.59 Å². The van der Waals surface area contributed by atoms with Gasteiger partial charge in [-0.05, 0) is 44.7 Å². The molecule has 0 aliphatic carbocycles. The summed E-state index contributed by atoms with van der Waals surface area (Å²) in [5.41, 5.74) is -0.0257. The zero-order chi connectivity index (χ0) is 23.5. The van der Waals surface area contributed by atoms with Crippen molar-refractivity contribution in [2.24, 2.45) is 0 Å². The highest BCUT2D eigenvalue weighted by molar-refractivity contribution is 6.60. The molecule has 1 amide bonds. The van der Waals surface area contributed by atoms with E-state index in [0.717, 1.165) is 0 Å². The van der Waals surface area contributed by atoms with E-state index in [0.29, 0.717) is 44.4 Å². The molecule has 0 atom stereocenters. The molecular weight excluding hydrogens is 422 g/mol. The van der Waals surface area contributed by atoms with Crippen LogP contribution < -0.4 is 14.8 Å². The average molecular weight is 458 g/mol. The second-order valence-corrected chi connectivity index (χ2v) is 10.4. The Balaban J connectivity index is 2.77. The number of amides is 1.